The quantitative estimate of drug-likeness (QED) is 0.819. The van der Waals surface area contributed by atoms with Gasteiger partial charge in [-0.25, -0.2) is 0 Å². The van der Waals surface area contributed by atoms with Crippen LogP contribution in [0.3, 0.4) is 0 Å². The van der Waals surface area contributed by atoms with E-state index in [1.807, 2.05) is 6.92 Å². The second kappa shape index (κ2) is 8.05. The first kappa shape index (κ1) is 16.7. The van der Waals surface area contributed by atoms with Crippen LogP contribution in [0.5, 0.6) is 0 Å². The van der Waals surface area contributed by atoms with Crippen molar-refractivity contribution < 1.29 is 9.00 Å². The molecule has 1 amide bonds. The van der Waals surface area contributed by atoms with Gasteiger partial charge in [0, 0.05) is 40.0 Å². The predicted octanol–water partition coefficient (Wildman–Crippen LogP) is 1.15. The number of benzene rings is 1. The van der Waals surface area contributed by atoms with Gasteiger partial charge >= 0.3 is 0 Å². The number of halogens is 1. The van der Waals surface area contributed by atoms with Gasteiger partial charge in [-0.05, 0) is 25.1 Å². The summed E-state index contributed by atoms with van der Waals surface area (Å²) in [6.45, 7) is 2.06. The molecular weight excluding hydrogens is 296 g/mol. The maximum Gasteiger partial charge on any atom is 0.251 e. The van der Waals surface area contributed by atoms with Crippen LogP contribution < -0.4 is 11.1 Å². The number of amides is 1. The third-order valence-electron chi connectivity index (χ3n) is 2.42. The van der Waals surface area contributed by atoms with Gasteiger partial charge < -0.3 is 11.1 Å². The molecule has 2 atom stereocenters. The van der Waals surface area contributed by atoms with Gasteiger partial charge in [-0.15, -0.1) is 0 Å². The summed E-state index contributed by atoms with van der Waals surface area (Å²) in [5.41, 5.74) is 6.38. The highest BCUT2D eigenvalue weighted by Gasteiger charge is 2.12. The Morgan fingerprint density at radius 1 is 1.55 bits per heavy atom. The summed E-state index contributed by atoms with van der Waals surface area (Å²) in [7, 11) is -0.951. The second-order valence-corrected chi connectivity index (χ2v) is 6.20. The monoisotopic (exact) mass is 312 g/mol. The van der Waals surface area contributed by atoms with Crippen LogP contribution in [0.2, 0.25) is 5.02 Å². The lowest BCUT2D eigenvalue weighted by molar-refractivity contribution is 0.0943. The summed E-state index contributed by atoms with van der Waals surface area (Å²) < 4.78 is 11.1. The van der Waals surface area contributed by atoms with Crippen molar-refractivity contribution in [1.82, 2.24) is 5.32 Å². The van der Waals surface area contributed by atoms with Crippen LogP contribution in [0.25, 0.3) is 0 Å². The van der Waals surface area contributed by atoms with Gasteiger partial charge in [0.2, 0.25) is 0 Å². The maximum atomic E-state index is 12.0. The average Bonchev–Trinajstić information content (AvgIpc) is 2.36. The smallest absolute Gasteiger partial charge is 0.251 e. The van der Waals surface area contributed by atoms with Gasteiger partial charge in [0.15, 0.2) is 0 Å². The third-order valence-corrected chi connectivity index (χ3v) is 3.70. The van der Waals surface area contributed by atoms with Crippen molar-refractivity contribution in [1.29, 1.82) is 0 Å². The van der Waals surface area contributed by atoms with Gasteiger partial charge in [0.05, 0.1) is 11.6 Å². The Morgan fingerprint density at radius 3 is 2.80 bits per heavy atom. The van der Waals surface area contributed by atoms with Gasteiger partial charge in [0.25, 0.3) is 5.91 Å². The molecule has 0 radical (unpaired) electrons. The van der Waals surface area contributed by atoms with Gasteiger partial charge in [-0.2, -0.15) is 0 Å². The lowest BCUT2D eigenvalue weighted by Gasteiger charge is -2.12. The van der Waals surface area contributed by atoms with Crippen molar-refractivity contribution >= 4 is 28.3 Å². The van der Waals surface area contributed by atoms with E-state index >= 15 is 0 Å². The van der Waals surface area contributed by atoms with Crippen LogP contribution in [-0.4, -0.2) is 34.7 Å². The number of rotatable bonds is 4. The van der Waals surface area contributed by atoms with Gasteiger partial charge in [-0.3, -0.25) is 9.00 Å². The fraction of sp³-hybridized carbons (Fsp3) is 0.357. The molecule has 0 saturated carbocycles. The summed E-state index contributed by atoms with van der Waals surface area (Å²) in [6, 6.07) is 4.73. The zero-order chi connectivity index (χ0) is 15.1. The number of hydrogen-bond acceptors (Lipinski definition) is 3. The Bertz CT molecular complexity index is 578. The van der Waals surface area contributed by atoms with Crippen molar-refractivity contribution in [3.05, 3.63) is 34.3 Å². The standard InChI is InChI=1S/C14H17ClN2O2S/c1-10(9-20(2)19)17-14(18)12-6-5-11(4-3-7-16)13(15)8-12/h5-6,8,10H,7,9,16H2,1-2H3,(H,17,18). The molecule has 0 aromatic heterocycles. The largest absolute Gasteiger partial charge is 0.349 e. The number of nitrogens with one attached hydrogen (secondary N) is 1. The van der Waals surface area contributed by atoms with Crippen LogP contribution in [0.1, 0.15) is 22.8 Å². The Balaban J connectivity index is 2.79. The van der Waals surface area contributed by atoms with Crippen LogP contribution in [0.4, 0.5) is 0 Å². The Labute approximate surface area is 126 Å². The molecule has 108 valence electrons. The summed E-state index contributed by atoms with van der Waals surface area (Å²) in [5, 5.41) is 3.18. The highest BCUT2D eigenvalue weighted by Crippen LogP contribution is 2.17. The number of carbonyl (C=O) groups is 1. The zero-order valence-corrected chi connectivity index (χ0v) is 13.0. The molecule has 1 aromatic rings. The third kappa shape index (κ3) is 5.33. The Kier molecular flexibility index (Phi) is 6.73. The molecule has 0 aliphatic heterocycles. The lowest BCUT2D eigenvalue weighted by atomic mass is 10.1. The first-order chi connectivity index (χ1) is 9.43. The summed E-state index contributed by atoms with van der Waals surface area (Å²) in [6.07, 6.45) is 1.60. The first-order valence-corrected chi connectivity index (χ1v) is 8.14. The molecule has 6 heteroatoms. The Hall–Kier alpha value is -1.35. The molecule has 1 rings (SSSR count). The molecule has 0 aliphatic carbocycles. The number of nitrogens with two attached hydrogens (primary N) is 1. The fourth-order valence-corrected chi connectivity index (χ4v) is 2.62. The molecule has 0 heterocycles. The van der Waals surface area contributed by atoms with E-state index < -0.39 is 10.8 Å². The first-order valence-electron chi connectivity index (χ1n) is 6.03. The summed E-state index contributed by atoms with van der Waals surface area (Å²) in [5.74, 6) is 5.70. The molecule has 0 aliphatic rings. The highest BCUT2D eigenvalue weighted by atomic mass is 35.5. The van der Waals surface area contributed by atoms with Crippen LogP contribution in [0.15, 0.2) is 18.2 Å². The van der Waals surface area contributed by atoms with Crippen molar-refractivity contribution in [3.63, 3.8) is 0 Å². The predicted molar refractivity (Wildman–Crippen MR) is 83.2 cm³/mol. The SMILES string of the molecule is CC(CS(C)=O)NC(=O)c1ccc(C#CCN)c(Cl)c1. The summed E-state index contributed by atoms with van der Waals surface area (Å²) in [4.78, 5) is 12.0. The molecule has 2 unspecified atom stereocenters. The summed E-state index contributed by atoms with van der Waals surface area (Å²) >= 11 is 6.06. The van der Waals surface area contributed by atoms with Crippen molar-refractivity contribution in [2.45, 2.75) is 13.0 Å². The number of hydrogen-bond donors (Lipinski definition) is 2. The van der Waals surface area contributed by atoms with Crippen molar-refractivity contribution in [3.8, 4) is 11.8 Å². The van der Waals surface area contributed by atoms with Gasteiger partial charge in [0.1, 0.15) is 0 Å². The van der Waals surface area contributed by atoms with Crippen LogP contribution in [0, 0.1) is 11.8 Å². The van der Waals surface area contributed by atoms with Crippen LogP contribution in [-0.2, 0) is 10.8 Å². The average molecular weight is 313 g/mol. The van der Waals surface area contributed by atoms with Crippen molar-refractivity contribution in [2.24, 2.45) is 5.73 Å². The highest BCUT2D eigenvalue weighted by molar-refractivity contribution is 7.84. The van der Waals surface area contributed by atoms with Crippen molar-refractivity contribution in [2.75, 3.05) is 18.6 Å². The fourth-order valence-electron chi connectivity index (χ4n) is 1.60. The van der Waals surface area contributed by atoms with E-state index in [-0.39, 0.29) is 18.5 Å². The minimum absolute atomic E-state index is 0.163. The molecule has 20 heavy (non-hydrogen) atoms. The topological polar surface area (TPSA) is 72.2 Å². The molecule has 3 N–H and O–H groups in total. The Morgan fingerprint density at radius 2 is 2.25 bits per heavy atom. The van der Waals surface area contributed by atoms with E-state index in [2.05, 4.69) is 17.2 Å². The van der Waals surface area contributed by atoms with Crippen LogP contribution >= 0.6 is 11.6 Å². The van der Waals surface area contributed by atoms with E-state index in [9.17, 15) is 9.00 Å². The lowest BCUT2D eigenvalue weighted by Crippen LogP contribution is -2.36. The van der Waals surface area contributed by atoms with Gasteiger partial charge in [-0.1, -0.05) is 23.4 Å². The van der Waals surface area contributed by atoms with E-state index in [0.717, 1.165) is 0 Å². The molecule has 0 saturated heterocycles. The molecule has 0 fully saturated rings. The van der Waals surface area contributed by atoms with E-state index in [1.54, 1.807) is 24.5 Å². The van der Waals surface area contributed by atoms with E-state index in [4.69, 9.17) is 17.3 Å². The molecule has 0 spiro atoms. The van der Waals surface area contributed by atoms with E-state index in [1.165, 1.54) is 0 Å². The minimum Gasteiger partial charge on any atom is -0.349 e. The van der Waals surface area contributed by atoms with E-state index in [0.29, 0.717) is 21.9 Å². The minimum atomic E-state index is -0.951. The maximum absolute atomic E-state index is 12.0. The molecule has 0 bridgehead atoms. The normalized spacial score (nSPS) is 13.0. The zero-order valence-electron chi connectivity index (χ0n) is 11.4. The second-order valence-electron chi connectivity index (χ2n) is 4.31. The number of carbonyl (C=O) groups excluding carboxylic acids is 1. The molecule has 4 nitrogen and oxygen atoms in total. The molecule has 1 aromatic carbocycles. The molecular formula is C14H17ClN2O2S.